The van der Waals surface area contributed by atoms with Gasteiger partial charge in [0.15, 0.2) is 5.78 Å². The van der Waals surface area contributed by atoms with E-state index < -0.39 is 0 Å². The first-order valence-corrected chi connectivity index (χ1v) is 12.1. The van der Waals surface area contributed by atoms with Gasteiger partial charge in [-0.3, -0.25) is 19.4 Å². The van der Waals surface area contributed by atoms with Crippen molar-refractivity contribution in [2.45, 2.75) is 38.3 Å². The Balaban J connectivity index is 1.39. The molecule has 0 radical (unpaired) electrons. The predicted molar refractivity (Wildman–Crippen MR) is 134 cm³/mol. The molecule has 1 aliphatic carbocycles. The molecule has 0 N–H and O–H groups in total. The molecule has 6 heteroatoms. The van der Waals surface area contributed by atoms with Crippen LogP contribution >= 0.6 is 0 Å². The van der Waals surface area contributed by atoms with Crippen LogP contribution in [-0.2, 0) is 11.3 Å². The molecule has 0 unspecified atom stereocenters. The zero-order valence-electron chi connectivity index (χ0n) is 19.3. The Labute approximate surface area is 202 Å². The lowest BCUT2D eigenvalue weighted by molar-refractivity contribution is -0.135. The lowest BCUT2D eigenvalue weighted by Crippen LogP contribution is -2.39. The second-order valence-electron chi connectivity index (χ2n) is 9.24. The molecule has 3 heterocycles. The number of carbonyl (C=O) groups excluding carboxylic acids is 2. The van der Waals surface area contributed by atoms with E-state index in [-0.39, 0.29) is 36.3 Å². The maximum Gasteiger partial charge on any atom is 0.258 e. The van der Waals surface area contributed by atoms with Crippen molar-refractivity contribution in [3.8, 4) is 11.3 Å². The van der Waals surface area contributed by atoms with Crippen molar-refractivity contribution >= 4 is 22.5 Å². The molecular weight excluding hydrogens is 438 g/mol. The molecule has 6 rings (SSSR count). The summed E-state index contributed by atoms with van der Waals surface area (Å²) in [4.78, 5) is 46.6. The number of carbonyl (C=O) groups is 2. The predicted octanol–water partition coefficient (Wildman–Crippen LogP) is 4.75. The number of benzene rings is 2. The van der Waals surface area contributed by atoms with Gasteiger partial charge in [-0.1, -0.05) is 48.5 Å². The fraction of sp³-hybridized carbons (Fsp3) is 0.241. The van der Waals surface area contributed by atoms with Crippen LogP contribution < -0.4 is 5.56 Å². The van der Waals surface area contributed by atoms with E-state index in [1.165, 1.54) is 0 Å². The molecule has 2 aromatic heterocycles. The molecule has 1 amide bonds. The van der Waals surface area contributed by atoms with Crippen LogP contribution in [0.4, 0.5) is 0 Å². The Bertz CT molecular complexity index is 1520. The fourth-order valence-electron chi connectivity index (χ4n) is 5.64. The van der Waals surface area contributed by atoms with Crippen LogP contribution in [-0.4, -0.2) is 32.7 Å². The zero-order chi connectivity index (χ0) is 23.9. The molecule has 2 aliphatic rings. The van der Waals surface area contributed by atoms with Gasteiger partial charge in [0, 0.05) is 53.8 Å². The van der Waals surface area contributed by atoms with E-state index in [9.17, 15) is 14.4 Å². The van der Waals surface area contributed by atoms with Gasteiger partial charge in [0.25, 0.3) is 5.56 Å². The molecule has 1 atom stereocenters. The number of hydrogen-bond donors (Lipinski definition) is 0. The van der Waals surface area contributed by atoms with Crippen LogP contribution in [0.25, 0.3) is 22.0 Å². The van der Waals surface area contributed by atoms with E-state index >= 15 is 0 Å². The third-order valence-corrected chi connectivity index (χ3v) is 7.27. The molecule has 1 aliphatic heterocycles. The molecular formula is C29H25N3O3. The van der Waals surface area contributed by atoms with Crippen LogP contribution in [0.5, 0.6) is 0 Å². The topological polar surface area (TPSA) is 72.3 Å². The summed E-state index contributed by atoms with van der Waals surface area (Å²) in [5, 5.41) is 1.18. The minimum atomic E-state index is -0.167. The van der Waals surface area contributed by atoms with E-state index in [1.807, 2.05) is 59.6 Å². The Hall–Kier alpha value is -4.06. The SMILES string of the molecule is O=C1c2ccccc2-c2c1c1ccccc1c(=O)n2CCC(=O)N1CCCC[C@@H]1c1cccnc1. The summed E-state index contributed by atoms with van der Waals surface area (Å²) in [5.74, 6) is -0.0514. The van der Waals surface area contributed by atoms with E-state index in [1.54, 1.807) is 22.9 Å². The van der Waals surface area contributed by atoms with Crippen LogP contribution in [0.15, 0.2) is 77.9 Å². The van der Waals surface area contributed by atoms with Gasteiger partial charge in [0.2, 0.25) is 5.91 Å². The smallest absolute Gasteiger partial charge is 0.258 e. The van der Waals surface area contributed by atoms with Crippen molar-refractivity contribution < 1.29 is 9.59 Å². The summed E-state index contributed by atoms with van der Waals surface area (Å²) >= 11 is 0. The molecule has 0 bridgehead atoms. The summed E-state index contributed by atoms with van der Waals surface area (Å²) in [6.45, 7) is 0.924. The number of rotatable bonds is 4. The van der Waals surface area contributed by atoms with E-state index in [4.69, 9.17) is 0 Å². The minimum absolute atomic E-state index is 0.00583. The van der Waals surface area contributed by atoms with E-state index in [0.29, 0.717) is 34.1 Å². The number of hydrogen-bond acceptors (Lipinski definition) is 4. The van der Waals surface area contributed by atoms with Gasteiger partial charge in [-0.25, -0.2) is 0 Å². The first-order valence-electron chi connectivity index (χ1n) is 12.1. The number of ketones is 1. The summed E-state index contributed by atoms with van der Waals surface area (Å²) in [6, 6.07) is 18.6. The quantitative estimate of drug-likeness (QED) is 0.386. The number of fused-ring (bicyclic) bond motifs is 5. The van der Waals surface area contributed by atoms with Gasteiger partial charge in [-0.05, 0) is 37.0 Å². The number of nitrogens with zero attached hydrogens (tertiary/aromatic N) is 3. The molecule has 0 spiro atoms. The summed E-state index contributed by atoms with van der Waals surface area (Å²) in [6.07, 6.45) is 6.71. The Kier molecular flexibility index (Phi) is 5.29. The summed E-state index contributed by atoms with van der Waals surface area (Å²) in [7, 11) is 0. The zero-order valence-corrected chi connectivity index (χ0v) is 19.3. The molecule has 4 aromatic rings. The highest BCUT2D eigenvalue weighted by Gasteiger charge is 2.33. The van der Waals surface area contributed by atoms with Gasteiger partial charge in [-0.15, -0.1) is 0 Å². The van der Waals surface area contributed by atoms with Gasteiger partial charge >= 0.3 is 0 Å². The van der Waals surface area contributed by atoms with E-state index in [0.717, 1.165) is 30.4 Å². The third kappa shape index (κ3) is 3.48. The molecule has 0 saturated carbocycles. The second-order valence-corrected chi connectivity index (χ2v) is 9.24. The molecule has 1 fully saturated rings. The maximum atomic E-state index is 13.6. The highest BCUT2D eigenvalue weighted by atomic mass is 16.2. The monoisotopic (exact) mass is 463 g/mol. The molecule has 174 valence electrons. The fourth-order valence-corrected chi connectivity index (χ4v) is 5.64. The van der Waals surface area contributed by atoms with Gasteiger partial charge in [0.05, 0.1) is 17.3 Å². The Morgan fingerprint density at radius 2 is 1.69 bits per heavy atom. The standard InChI is InChI=1S/C29H25N3O3/c33-25(31-16-6-5-13-24(31)19-8-7-15-30-18-19)14-17-32-27-21-10-2-3-11-22(21)28(34)26(27)20-9-1-4-12-23(20)29(32)35/h1-4,7-12,15,18,24H,5-6,13-14,16-17H2/t24-/m1/s1. The summed E-state index contributed by atoms with van der Waals surface area (Å²) < 4.78 is 1.64. The van der Waals surface area contributed by atoms with E-state index in [2.05, 4.69) is 4.98 Å². The number of amides is 1. The van der Waals surface area contributed by atoms with Crippen molar-refractivity contribution in [1.29, 1.82) is 0 Å². The molecule has 2 aromatic carbocycles. The lowest BCUT2D eigenvalue weighted by Gasteiger charge is -2.36. The molecule has 1 saturated heterocycles. The van der Waals surface area contributed by atoms with Gasteiger partial charge in [-0.2, -0.15) is 0 Å². The van der Waals surface area contributed by atoms with Crippen molar-refractivity contribution in [2.75, 3.05) is 6.54 Å². The lowest BCUT2D eigenvalue weighted by atomic mass is 9.96. The van der Waals surface area contributed by atoms with Gasteiger partial charge in [0.1, 0.15) is 0 Å². The van der Waals surface area contributed by atoms with Crippen LogP contribution in [0.1, 0.15) is 53.2 Å². The number of aromatic nitrogens is 2. The van der Waals surface area contributed by atoms with Crippen LogP contribution in [0.2, 0.25) is 0 Å². The largest absolute Gasteiger partial charge is 0.336 e. The maximum absolute atomic E-state index is 13.6. The van der Waals surface area contributed by atoms with Crippen LogP contribution in [0, 0.1) is 0 Å². The molecule has 35 heavy (non-hydrogen) atoms. The van der Waals surface area contributed by atoms with Crippen molar-refractivity contribution in [3.05, 3.63) is 100 Å². The summed E-state index contributed by atoms with van der Waals surface area (Å²) in [5.41, 5.74) is 3.42. The Morgan fingerprint density at radius 3 is 2.49 bits per heavy atom. The average Bonchev–Trinajstić information content (AvgIpc) is 3.21. The van der Waals surface area contributed by atoms with Crippen molar-refractivity contribution in [3.63, 3.8) is 0 Å². The number of likely N-dealkylation sites (tertiary alicyclic amines) is 1. The first kappa shape index (κ1) is 21.5. The normalized spacial score (nSPS) is 16.9. The second kappa shape index (κ2) is 8.62. The number of pyridine rings is 2. The van der Waals surface area contributed by atoms with Crippen LogP contribution in [0.3, 0.4) is 0 Å². The highest BCUT2D eigenvalue weighted by molar-refractivity contribution is 6.26. The average molecular weight is 464 g/mol. The molecule has 6 nitrogen and oxygen atoms in total. The first-order chi connectivity index (χ1) is 17.1. The third-order valence-electron chi connectivity index (χ3n) is 7.27. The van der Waals surface area contributed by atoms with Crippen molar-refractivity contribution in [1.82, 2.24) is 14.5 Å². The Morgan fingerprint density at radius 1 is 0.914 bits per heavy atom. The minimum Gasteiger partial charge on any atom is -0.336 e. The number of piperidine rings is 1. The van der Waals surface area contributed by atoms with Crippen molar-refractivity contribution in [2.24, 2.45) is 0 Å². The van der Waals surface area contributed by atoms with Gasteiger partial charge < -0.3 is 9.47 Å². The highest BCUT2D eigenvalue weighted by Crippen LogP contribution is 2.39.